The van der Waals surface area contributed by atoms with Crippen LogP contribution in [0.25, 0.3) is 0 Å². The van der Waals surface area contributed by atoms with E-state index in [1.807, 2.05) is 17.7 Å². The Morgan fingerprint density at radius 2 is 1.92 bits per heavy atom. The normalized spacial score (nSPS) is 11.7. The molecule has 62 valence electrons. The van der Waals surface area contributed by atoms with Crippen molar-refractivity contribution in [3.63, 3.8) is 0 Å². The van der Waals surface area contributed by atoms with Gasteiger partial charge in [0.2, 0.25) is 0 Å². The van der Waals surface area contributed by atoms with Crippen LogP contribution in [-0.4, -0.2) is 17.7 Å². The number of rotatable bonds is 2. The Bertz CT molecular complexity index is 313. The molecule has 0 aromatic heterocycles. The van der Waals surface area contributed by atoms with Gasteiger partial charge in [0, 0.05) is 0 Å². The third-order valence-corrected chi connectivity index (χ3v) is 2.36. The van der Waals surface area contributed by atoms with Gasteiger partial charge in [-0.15, -0.1) is 0 Å². The minimum absolute atomic E-state index is 0.656. The van der Waals surface area contributed by atoms with Gasteiger partial charge in [-0.2, -0.15) is 0 Å². The summed E-state index contributed by atoms with van der Waals surface area (Å²) >= 11 is 1.86. The van der Waals surface area contributed by atoms with Crippen LogP contribution in [0.15, 0.2) is 24.3 Å². The van der Waals surface area contributed by atoms with Crippen LogP contribution in [-0.2, 0) is 0 Å². The zero-order chi connectivity index (χ0) is 9.68. The van der Waals surface area contributed by atoms with Crippen LogP contribution in [0, 0.1) is 10.5 Å². The van der Waals surface area contributed by atoms with E-state index in [1.54, 1.807) is 0 Å². The number of hydrogen-bond acceptors (Lipinski definition) is 0. The van der Waals surface area contributed by atoms with Crippen molar-refractivity contribution in [3.8, 4) is 10.5 Å². The van der Waals surface area contributed by atoms with Crippen LogP contribution in [0.4, 0.5) is 0 Å². The second kappa shape index (κ2) is 5.18. The van der Waals surface area contributed by atoms with E-state index in [-0.39, 0.29) is 0 Å². The van der Waals surface area contributed by atoms with Crippen molar-refractivity contribution in [2.45, 2.75) is 26.2 Å². The first-order chi connectivity index (χ1) is 6.27. The van der Waals surface area contributed by atoms with E-state index in [0.717, 1.165) is 5.56 Å². The SMILES string of the molecule is [Li][C]#Cc1ccc(C(C)CC)cc1. The average Bonchev–Trinajstić information content (AvgIpc) is 2.18. The molecule has 1 heteroatoms. The zero-order valence-electron chi connectivity index (χ0n) is 8.59. The van der Waals surface area contributed by atoms with Gasteiger partial charge in [-0.25, -0.2) is 0 Å². The van der Waals surface area contributed by atoms with Crippen LogP contribution in [0.3, 0.4) is 0 Å². The summed E-state index contributed by atoms with van der Waals surface area (Å²) in [5.41, 5.74) is 2.51. The van der Waals surface area contributed by atoms with E-state index < -0.39 is 0 Å². The van der Waals surface area contributed by atoms with Gasteiger partial charge in [0.05, 0.1) is 0 Å². The molecular formula is C12H13Li. The average molecular weight is 164 g/mol. The Hall–Kier alpha value is -0.623. The van der Waals surface area contributed by atoms with E-state index in [4.69, 9.17) is 0 Å². The summed E-state index contributed by atoms with van der Waals surface area (Å²) in [7, 11) is 0. The number of benzene rings is 1. The molecule has 0 aliphatic rings. The molecule has 1 aromatic carbocycles. The molecule has 0 N–H and O–H groups in total. The summed E-state index contributed by atoms with van der Waals surface area (Å²) < 4.78 is 2.90. The molecule has 0 amide bonds. The van der Waals surface area contributed by atoms with Crippen LogP contribution in [0.5, 0.6) is 0 Å². The summed E-state index contributed by atoms with van der Waals surface area (Å²) in [5.74, 6) is 3.70. The molecule has 0 nitrogen and oxygen atoms in total. The second-order valence-corrected chi connectivity index (χ2v) is 3.31. The Labute approximate surface area is 89.9 Å². The second-order valence-electron chi connectivity index (χ2n) is 3.31. The fourth-order valence-corrected chi connectivity index (χ4v) is 1.28. The van der Waals surface area contributed by atoms with E-state index in [1.165, 1.54) is 12.0 Å². The van der Waals surface area contributed by atoms with Gasteiger partial charge in [0.25, 0.3) is 0 Å². The maximum absolute atomic E-state index is 3.04. The maximum atomic E-state index is 3.04. The Morgan fingerprint density at radius 3 is 2.38 bits per heavy atom. The Kier molecular flexibility index (Phi) is 4.17. The van der Waals surface area contributed by atoms with Gasteiger partial charge in [-0.3, -0.25) is 0 Å². The van der Waals surface area contributed by atoms with Crippen LogP contribution in [0.2, 0.25) is 0 Å². The molecule has 13 heavy (non-hydrogen) atoms. The molecule has 1 aromatic rings. The summed E-state index contributed by atoms with van der Waals surface area (Å²) in [6.45, 7) is 4.46. The van der Waals surface area contributed by atoms with Crippen LogP contribution >= 0.6 is 0 Å². The summed E-state index contributed by atoms with van der Waals surface area (Å²) in [6, 6.07) is 8.54. The van der Waals surface area contributed by atoms with Crippen molar-refractivity contribution in [2.75, 3.05) is 0 Å². The van der Waals surface area contributed by atoms with E-state index in [0.29, 0.717) is 5.92 Å². The predicted molar refractivity (Wildman–Crippen MR) is 57.8 cm³/mol. The molecule has 0 saturated heterocycles. The molecule has 0 heterocycles. The minimum atomic E-state index is 0.656. The summed E-state index contributed by atoms with van der Waals surface area (Å²) in [6.07, 6.45) is 1.19. The molecule has 1 unspecified atom stereocenters. The first-order valence-electron chi connectivity index (χ1n) is 4.80. The molecule has 0 saturated carbocycles. The zero-order valence-corrected chi connectivity index (χ0v) is 8.59. The molecule has 0 radical (unpaired) electrons. The molecule has 0 fully saturated rings. The topological polar surface area (TPSA) is 0 Å². The summed E-state index contributed by atoms with van der Waals surface area (Å²) in [5, 5.41) is 0. The van der Waals surface area contributed by atoms with Crippen molar-refractivity contribution >= 4 is 17.7 Å². The van der Waals surface area contributed by atoms with Gasteiger partial charge in [-0.05, 0) is 0 Å². The first-order valence-corrected chi connectivity index (χ1v) is 4.80. The van der Waals surface area contributed by atoms with Gasteiger partial charge in [-0.1, -0.05) is 0 Å². The van der Waals surface area contributed by atoms with Gasteiger partial charge < -0.3 is 0 Å². The predicted octanol–water partition coefficient (Wildman–Crippen LogP) is 2.68. The molecule has 1 rings (SSSR count). The monoisotopic (exact) mass is 164 g/mol. The first kappa shape index (κ1) is 10.5. The molecule has 0 aliphatic heterocycles. The third kappa shape index (κ3) is 2.96. The van der Waals surface area contributed by atoms with Gasteiger partial charge in [0.15, 0.2) is 0 Å². The van der Waals surface area contributed by atoms with Crippen molar-refractivity contribution in [1.29, 1.82) is 0 Å². The Morgan fingerprint density at radius 1 is 1.31 bits per heavy atom. The molecular weight excluding hydrogens is 151 g/mol. The van der Waals surface area contributed by atoms with E-state index in [2.05, 4.69) is 48.6 Å². The molecule has 0 aliphatic carbocycles. The van der Waals surface area contributed by atoms with E-state index in [9.17, 15) is 0 Å². The number of hydrogen-bond donors (Lipinski definition) is 0. The molecule has 0 spiro atoms. The summed E-state index contributed by atoms with van der Waals surface area (Å²) in [4.78, 5) is 0. The quantitative estimate of drug-likeness (QED) is 0.465. The fraction of sp³-hybridized carbons (Fsp3) is 0.333. The van der Waals surface area contributed by atoms with Crippen molar-refractivity contribution < 1.29 is 0 Å². The van der Waals surface area contributed by atoms with Gasteiger partial charge >= 0.3 is 89.8 Å². The van der Waals surface area contributed by atoms with Crippen molar-refractivity contribution in [1.82, 2.24) is 0 Å². The molecule has 0 bridgehead atoms. The molecule has 1 atom stereocenters. The van der Waals surface area contributed by atoms with Crippen LogP contribution in [0.1, 0.15) is 37.3 Å². The third-order valence-electron chi connectivity index (χ3n) is 2.36. The van der Waals surface area contributed by atoms with Crippen LogP contribution < -0.4 is 0 Å². The Balaban J connectivity index is 2.85. The van der Waals surface area contributed by atoms with Crippen molar-refractivity contribution in [3.05, 3.63) is 35.4 Å². The van der Waals surface area contributed by atoms with Gasteiger partial charge in [0.1, 0.15) is 0 Å². The van der Waals surface area contributed by atoms with Crippen molar-refractivity contribution in [2.24, 2.45) is 0 Å². The fourth-order valence-electron chi connectivity index (χ4n) is 1.28. The standard InChI is InChI=1S/C12H13.Li/c1-4-10(3)12-8-6-11(5-2)7-9-12;/h6-10H,4H2,1,3H3;. The van der Waals surface area contributed by atoms with E-state index >= 15 is 0 Å².